The van der Waals surface area contributed by atoms with Crippen LogP contribution in [-0.4, -0.2) is 5.97 Å². The molecule has 0 bridgehead atoms. The molecule has 0 aliphatic carbocycles. The molecule has 0 amide bonds. The summed E-state index contributed by atoms with van der Waals surface area (Å²) in [6.07, 6.45) is 0.392. The Kier molecular flexibility index (Phi) is 23.8. The summed E-state index contributed by atoms with van der Waals surface area (Å²) in [5.74, 6) is -0.293. The average Bonchev–Trinajstić information content (AvgIpc) is 1.65. The Bertz CT molecular complexity index is 60.5. The van der Waals surface area contributed by atoms with Crippen molar-refractivity contribution in [3.8, 4) is 0 Å². The van der Waals surface area contributed by atoms with Crippen LogP contribution in [-0.2, 0) is 8.98 Å². The van der Waals surface area contributed by atoms with Gasteiger partial charge in [0.2, 0.25) is 0 Å². The Hall–Kier alpha value is 1.82. The number of hydrogen-bond acceptors (Lipinski definition) is 3. The predicted octanol–water partition coefficient (Wildman–Crippen LogP) is -4.98. The van der Waals surface area contributed by atoms with E-state index >= 15 is 0 Å². The quantitative estimate of drug-likeness (QED) is 0.232. The SMILES string of the molecule is CCC(=O)OS.[H-].[H-].[Na+].[Na+]. The van der Waals surface area contributed by atoms with Gasteiger partial charge < -0.3 is 7.04 Å². The van der Waals surface area contributed by atoms with E-state index in [2.05, 4.69) is 17.1 Å². The third kappa shape index (κ3) is 10.7. The maximum Gasteiger partial charge on any atom is 1.00 e. The summed E-state index contributed by atoms with van der Waals surface area (Å²) in [6, 6.07) is 0. The van der Waals surface area contributed by atoms with Crippen molar-refractivity contribution in [2.45, 2.75) is 13.3 Å². The molecule has 0 heterocycles. The van der Waals surface area contributed by atoms with E-state index in [1.54, 1.807) is 6.92 Å². The van der Waals surface area contributed by atoms with E-state index in [1.807, 2.05) is 0 Å². The van der Waals surface area contributed by atoms with Gasteiger partial charge >= 0.3 is 65.1 Å². The number of rotatable bonds is 1. The minimum absolute atomic E-state index is 0. The number of carbonyl (C=O) groups excluding carboxylic acids is 1. The zero-order valence-corrected chi connectivity index (χ0v) is 10.4. The summed E-state index contributed by atoms with van der Waals surface area (Å²) in [5, 5.41) is 0. The molecular weight excluding hydrogens is 146 g/mol. The molecule has 40 valence electrons. The summed E-state index contributed by atoms with van der Waals surface area (Å²) in [5.41, 5.74) is 0. The van der Waals surface area contributed by atoms with E-state index in [-0.39, 0.29) is 67.9 Å². The van der Waals surface area contributed by atoms with E-state index in [1.165, 1.54) is 0 Å². The van der Waals surface area contributed by atoms with Gasteiger partial charge in [0.25, 0.3) is 0 Å². The average molecular weight is 154 g/mol. The smallest absolute Gasteiger partial charge is 1.00 e. The van der Waals surface area contributed by atoms with Gasteiger partial charge in [0.05, 0.1) is 0 Å². The number of thiol groups is 1. The first kappa shape index (κ1) is 16.4. The molecule has 0 unspecified atom stereocenters. The molecule has 0 saturated heterocycles. The summed E-state index contributed by atoms with van der Waals surface area (Å²) >= 11 is 3.25. The molecule has 0 aromatic carbocycles. The summed E-state index contributed by atoms with van der Waals surface area (Å²) < 4.78 is 3.95. The molecule has 0 radical (unpaired) electrons. The fourth-order valence-corrected chi connectivity index (χ4v) is 0.194. The monoisotopic (exact) mass is 154 g/mol. The maximum atomic E-state index is 9.88. The predicted molar refractivity (Wildman–Crippen MR) is 27.6 cm³/mol. The van der Waals surface area contributed by atoms with Crippen LogP contribution in [0.3, 0.4) is 0 Å². The van der Waals surface area contributed by atoms with Gasteiger partial charge in [0.15, 0.2) is 0 Å². The Morgan fingerprint density at radius 3 is 2.12 bits per heavy atom. The molecule has 0 spiro atoms. The van der Waals surface area contributed by atoms with E-state index in [0.717, 1.165) is 0 Å². The maximum absolute atomic E-state index is 9.88. The van der Waals surface area contributed by atoms with Crippen LogP contribution in [0.2, 0.25) is 0 Å². The van der Waals surface area contributed by atoms with Crippen molar-refractivity contribution in [1.82, 2.24) is 0 Å². The second kappa shape index (κ2) is 11.6. The van der Waals surface area contributed by atoms with E-state index in [0.29, 0.717) is 6.42 Å². The van der Waals surface area contributed by atoms with Crippen LogP contribution in [0.4, 0.5) is 0 Å². The van der Waals surface area contributed by atoms with Crippen LogP contribution in [0.15, 0.2) is 0 Å². The normalized spacial score (nSPS) is 5.75. The zero-order valence-electron chi connectivity index (χ0n) is 7.47. The Balaban J connectivity index is -0.0000000208. The Morgan fingerprint density at radius 1 is 1.75 bits per heavy atom. The van der Waals surface area contributed by atoms with Gasteiger partial charge in [-0.15, -0.1) is 0 Å². The molecule has 8 heavy (non-hydrogen) atoms. The molecule has 0 atom stereocenters. The van der Waals surface area contributed by atoms with Gasteiger partial charge in [0.1, 0.15) is 0 Å². The van der Waals surface area contributed by atoms with Crippen molar-refractivity contribution in [3.63, 3.8) is 0 Å². The van der Waals surface area contributed by atoms with Crippen molar-refractivity contribution < 1.29 is 70.9 Å². The fourth-order valence-electron chi connectivity index (χ4n) is 0.0645. The third-order valence-electron chi connectivity index (χ3n) is 0.390. The molecule has 0 aliphatic rings. The van der Waals surface area contributed by atoms with Crippen molar-refractivity contribution in [2.24, 2.45) is 0 Å². The molecule has 5 heteroatoms. The van der Waals surface area contributed by atoms with Gasteiger partial charge in [-0.3, -0.25) is 4.79 Å². The molecular formula is C3H8Na2O2S. The molecule has 0 rings (SSSR count). The molecule has 0 saturated carbocycles. The first-order valence-electron chi connectivity index (χ1n) is 1.65. The van der Waals surface area contributed by atoms with Crippen molar-refractivity contribution in [2.75, 3.05) is 0 Å². The molecule has 0 aliphatic heterocycles. The minimum Gasteiger partial charge on any atom is -1.00 e. The van der Waals surface area contributed by atoms with Gasteiger partial charge in [-0.25, -0.2) is 0 Å². The van der Waals surface area contributed by atoms with Crippen LogP contribution in [0.5, 0.6) is 0 Å². The van der Waals surface area contributed by atoms with Crippen LogP contribution < -0.4 is 59.1 Å². The van der Waals surface area contributed by atoms with E-state index < -0.39 is 0 Å². The van der Waals surface area contributed by atoms with Crippen molar-refractivity contribution >= 4 is 18.9 Å². The zero-order chi connectivity index (χ0) is 4.99. The first-order valence-corrected chi connectivity index (χ1v) is 2.02. The van der Waals surface area contributed by atoms with Crippen LogP contribution >= 0.6 is 12.9 Å². The van der Waals surface area contributed by atoms with Crippen LogP contribution in [0.25, 0.3) is 0 Å². The van der Waals surface area contributed by atoms with Crippen molar-refractivity contribution in [3.05, 3.63) is 0 Å². The van der Waals surface area contributed by atoms with Gasteiger partial charge in [-0.05, 0) is 0 Å². The van der Waals surface area contributed by atoms with Gasteiger partial charge in [-0.2, -0.15) is 0 Å². The van der Waals surface area contributed by atoms with E-state index in [9.17, 15) is 4.79 Å². The Morgan fingerprint density at radius 2 is 2.12 bits per heavy atom. The summed E-state index contributed by atoms with van der Waals surface area (Å²) in [7, 11) is 0. The van der Waals surface area contributed by atoms with Gasteiger partial charge in [0, 0.05) is 19.3 Å². The topological polar surface area (TPSA) is 26.3 Å². The largest absolute Gasteiger partial charge is 1.00 e. The number of carbonyl (C=O) groups is 1. The molecule has 0 fully saturated rings. The standard InChI is InChI=1S/C3H6O2S.2Na.2H/c1-2-3(4)5-6;;;;/h6H,2H2,1H3;;;;/q;2*+1;2*-1. The fraction of sp³-hybridized carbons (Fsp3) is 0.667. The van der Waals surface area contributed by atoms with Crippen molar-refractivity contribution in [1.29, 1.82) is 0 Å². The Labute approximate surface area is 102 Å². The summed E-state index contributed by atoms with van der Waals surface area (Å²) in [4.78, 5) is 9.88. The number of hydrogen-bond donors (Lipinski definition) is 1. The van der Waals surface area contributed by atoms with Gasteiger partial charge in [-0.1, -0.05) is 6.92 Å². The minimum atomic E-state index is -0.293. The molecule has 0 N–H and O–H groups in total. The molecule has 2 nitrogen and oxygen atoms in total. The summed E-state index contributed by atoms with van der Waals surface area (Å²) in [6.45, 7) is 1.71. The second-order valence-corrected chi connectivity index (χ2v) is 0.999. The third-order valence-corrected chi connectivity index (χ3v) is 0.594. The first-order chi connectivity index (χ1) is 2.81. The molecule has 0 aromatic heterocycles. The van der Waals surface area contributed by atoms with Crippen LogP contribution in [0.1, 0.15) is 16.2 Å². The second-order valence-electron chi connectivity index (χ2n) is 0.817. The van der Waals surface area contributed by atoms with E-state index in [4.69, 9.17) is 0 Å². The molecule has 0 aromatic rings. The van der Waals surface area contributed by atoms with Crippen LogP contribution in [0, 0.1) is 0 Å².